The molecule has 0 aromatic heterocycles. The number of nitrogens with two attached hydrogens (primary N) is 1. The van der Waals surface area contributed by atoms with Gasteiger partial charge in [0.05, 0.1) is 0 Å². The number of anilines is 2. The minimum Gasteiger partial charge on any atom is -0.345 e. The van der Waals surface area contributed by atoms with Crippen molar-refractivity contribution in [1.82, 2.24) is 0 Å². The van der Waals surface area contributed by atoms with E-state index in [1.54, 1.807) is 12.1 Å². The van der Waals surface area contributed by atoms with Gasteiger partial charge in [0.1, 0.15) is 5.82 Å². The summed E-state index contributed by atoms with van der Waals surface area (Å²) in [7, 11) is 1.95. The van der Waals surface area contributed by atoms with E-state index in [-0.39, 0.29) is 5.82 Å². The number of hydrogen-bond acceptors (Lipinski definition) is 2. The molecule has 0 aliphatic rings. The third-order valence-electron chi connectivity index (χ3n) is 3.36. The summed E-state index contributed by atoms with van der Waals surface area (Å²) < 4.78 is 13.7. The monoisotopic (exact) mass is 272 g/mol. The van der Waals surface area contributed by atoms with Gasteiger partial charge in [-0.3, -0.25) is 0 Å². The fourth-order valence-corrected chi connectivity index (χ4v) is 2.43. The van der Waals surface area contributed by atoms with Crippen LogP contribution in [-0.2, 0) is 6.42 Å². The van der Waals surface area contributed by atoms with Crippen LogP contribution in [0.3, 0.4) is 0 Å². The van der Waals surface area contributed by atoms with E-state index in [4.69, 9.17) is 5.73 Å². The summed E-state index contributed by atoms with van der Waals surface area (Å²) in [5.41, 5.74) is 10.8. The Hall–Kier alpha value is -1.87. The Labute approximate surface area is 120 Å². The van der Waals surface area contributed by atoms with E-state index in [1.165, 1.54) is 11.1 Å². The number of benzene rings is 2. The average molecular weight is 272 g/mol. The molecule has 0 aliphatic heterocycles. The number of nitrogens with zero attached hydrogens (tertiary/aromatic N) is 1. The summed E-state index contributed by atoms with van der Waals surface area (Å²) in [6.45, 7) is 4.65. The maximum absolute atomic E-state index is 13.7. The molecule has 0 saturated heterocycles. The lowest BCUT2D eigenvalue weighted by atomic mass is 10.1. The van der Waals surface area contributed by atoms with Crippen molar-refractivity contribution in [3.05, 3.63) is 58.9 Å². The smallest absolute Gasteiger partial charge is 0.125 e. The van der Waals surface area contributed by atoms with Crippen LogP contribution in [0.5, 0.6) is 0 Å². The molecule has 2 nitrogen and oxygen atoms in total. The lowest BCUT2D eigenvalue weighted by Gasteiger charge is -2.21. The van der Waals surface area contributed by atoms with Gasteiger partial charge in [-0.2, -0.15) is 0 Å². The molecule has 2 N–H and O–H groups in total. The van der Waals surface area contributed by atoms with Crippen LogP contribution in [0.1, 0.15) is 16.7 Å². The zero-order valence-corrected chi connectivity index (χ0v) is 12.3. The van der Waals surface area contributed by atoms with Crippen LogP contribution in [0.25, 0.3) is 0 Å². The first-order valence-corrected chi connectivity index (χ1v) is 6.81. The summed E-state index contributed by atoms with van der Waals surface area (Å²) in [5, 5.41) is 0. The molecule has 2 aromatic carbocycles. The van der Waals surface area contributed by atoms with Crippen molar-refractivity contribution >= 4 is 11.4 Å². The van der Waals surface area contributed by atoms with Gasteiger partial charge < -0.3 is 10.6 Å². The maximum Gasteiger partial charge on any atom is 0.125 e. The Morgan fingerprint density at radius 1 is 0.950 bits per heavy atom. The Kier molecular flexibility index (Phi) is 4.40. The average Bonchev–Trinajstić information content (AvgIpc) is 2.36. The number of aryl methyl sites for hydroxylation is 2. The van der Waals surface area contributed by atoms with Gasteiger partial charge in [-0.1, -0.05) is 6.07 Å². The number of hydrogen-bond donors (Lipinski definition) is 1. The molecule has 0 atom stereocenters. The van der Waals surface area contributed by atoms with E-state index < -0.39 is 0 Å². The van der Waals surface area contributed by atoms with Gasteiger partial charge in [0.2, 0.25) is 0 Å². The zero-order valence-electron chi connectivity index (χ0n) is 12.3. The van der Waals surface area contributed by atoms with Gasteiger partial charge in [-0.25, -0.2) is 4.39 Å². The molecule has 2 aromatic rings. The summed E-state index contributed by atoms with van der Waals surface area (Å²) in [4.78, 5) is 2.00. The van der Waals surface area contributed by atoms with Crippen LogP contribution < -0.4 is 10.6 Å². The van der Waals surface area contributed by atoms with Crippen LogP contribution in [0.4, 0.5) is 15.8 Å². The fraction of sp³-hybridized carbons (Fsp3) is 0.294. The summed E-state index contributed by atoms with van der Waals surface area (Å²) >= 11 is 0. The molecule has 106 valence electrons. The van der Waals surface area contributed by atoms with Gasteiger partial charge in [-0.15, -0.1) is 0 Å². The highest BCUT2D eigenvalue weighted by molar-refractivity contribution is 5.64. The van der Waals surface area contributed by atoms with Crippen molar-refractivity contribution in [2.45, 2.75) is 20.3 Å². The van der Waals surface area contributed by atoms with Crippen LogP contribution in [0, 0.1) is 19.7 Å². The molecule has 0 aliphatic carbocycles. The lowest BCUT2D eigenvalue weighted by molar-refractivity contribution is 0.625. The molecular formula is C17H21FN2. The van der Waals surface area contributed by atoms with Gasteiger partial charge in [0, 0.05) is 18.4 Å². The second-order valence-electron chi connectivity index (χ2n) is 5.26. The Bertz CT molecular complexity index is 588. The van der Waals surface area contributed by atoms with E-state index in [0.717, 1.165) is 16.9 Å². The normalized spacial score (nSPS) is 10.7. The highest BCUT2D eigenvalue weighted by Gasteiger charge is 2.08. The fourth-order valence-electron chi connectivity index (χ4n) is 2.43. The molecule has 0 saturated carbocycles. The van der Waals surface area contributed by atoms with Gasteiger partial charge in [0.15, 0.2) is 0 Å². The first kappa shape index (κ1) is 14.5. The summed E-state index contributed by atoms with van der Waals surface area (Å²) in [6, 6.07) is 11.4. The second-order valence-corrected chi connectivity index (χ2v) is 5.26. The van der Waals surface area contributed by atoms with Crippen molar-refractivity contribution in [3.63, 3.8) is 0 Å². The van der Waals surface area contributed by atoms with Crippen molar-refractivity contribution in [2.24, 2.45) is 5.73 Å². The highest BCUT2D eigenvalue weighted by atomic mass is 19.1. The SMILES string of the molecule is Cc1cc(C)cc(N(C)c2cc(F)cc(CCN)c2)c1. The molecular weight excluding hydrogens is 251 g/mol. The maximum atomic E-state index is 13.7. The minimum atomic E-state index is -0.220. The van der Waals surface area contributed by atoms with Crippen molar-refractivity contribution in [2.75, 3.05) is 18.5 Å². The molecule has 0 bridgehead atoms. The first-order chi connectivity index (χ1) is 9.49. The second kappa shape index (κ2) is 6.06. The quantitative estimate of drug-likeness (QED) is 0.919. The van der Waals surface area contributed by atoms with Crippen LogP contribution >= 0.6 is 0 Å². The Balaban J connectivity index is 2.39. The third kappa shape index (κ3) is 3.36. The topological polar surface area (TPSA) is 29.3 Å². The van der Waals surface area contributed by atoms with Crippen molar-refractivity contribution in [1.29, 1.82) is 0 Å². The van der Waals surface area contributed by atoms with Crippen LogP contribution in [0.15, 0.2) is 36.4 Å². The Morgan fingerprint density at radius 3 is 2.15 bits per heavy atom. The molecule has 2 rings (SSSR count). The van der Waals surface area contributed by atoms with E-state index in [0.29, 0.717) is 13.0 Å². The molecule has 3 heteroatoms. The highest BCUT2D eigenvalue weighted by Crippen LogP contribution is 2.27. The van der Waals surface area contributed by atoms with Gasteiger partial charge in [-0.05, 0) is 73.8 Å². The van der Waals surface area contributed by atoms with Gasteiger partial charge >= 0.3 is 0 Å². The predicted octanol–water partition coefficient (Wildman–Crippen LogP) is 3.71. The minimum absolute atomic E-state index is 0.220. The zero-order chi connectivity index (χ0) is 14.7. The molecule has 0 fully saturated rings. The molecule has 0 heterocycles. The van der Waals surface area contributed by atoms with Crippen LogP contribution in [0.2, 0.25) is 0 Å². The molecule has 20 heavy (non-hydrogen) atoms. The molecule has 0 radical (unpaired) electrons. The van der Waals surface area contributed by atoms with E-state index >= 15 is 0 Å². The summed E-state index contributed by atoms with van der Waals surface area (Å²) in [5.74, 6) is -0.220. The molecule has 0 amide bonds. The van der Waals surface area contributed by atoms with Crippen molar-refractivity contribution < 1.29 is 4.39 Å². The van der Waals surface area contributed by atoms with Crippen LogP contribution in [-0.4, -0.2) is 13.6 Å². The molecule has 0 spiro atoms. The number of halogens is 1. The lowest BCUT2D eigenvalue weighted by Crippen LogP contribution is -2.11. The largest absolute Gasteiger partial charge is 0.345 e. The third-order valence-corrected chi connectivity index (χ3v) is 3.36. The standard InChI is InChI=1S/C17H21FN2/c1-12-6-13(2)8-16(7-12)20(3)17-10-14(4-5-19)9-15(18)11-17/h6-11H,4-5,19H2,1-3H3. The van der Waals surface area contributed by atoms with E-state index in [2.05, 4.69) is 32.0 Å². The number of rotatable bonds is 4. The van der Waals surface area contributed by atoms with Crippen molar-refractivity contribution in [3.8, 4) is 0 Å². The van der Waals surface area contributed by atoms with Gasteiger partial charge in [0.25, 0.3) is 0 Å². The first-order valence-electron chi connectivity index (χ1n) is 6.81. The van der Waals surface area contributed by atoms with E-state index in [1.807, 2.05) is 18.0 Å². The Morgan fingerprint density at radius 2 is 1.55 bits per heavy atom. The van der Waals surface area contributed by atoms with E-state index in [9.17, 15) is 4.39 Å². The summed E-state index contributed by atoms with van der Waals surface area (Å²) in [6.07, 6.45) is 0.686. The molecule has 0 unspecified atom stereocenters. The predicted molar refractivity (Wildman–Crippen MR) is 83.1 cm³/mol.